The molecule has 2 N–H and O–H groups in total. The highest BCUT2D eigenvalue weighted by Crippen LogP contribution is 2.27. The number of rotatable bonds is 5. The van der Waals surface area contributed by atoms with Gasteiger partial charge in [0.2, 0.25) is 0 Å². The number of aromatic nitrogens is 1. The zero-order chi connectivity index (χ0) is 15.4. The largest absolute Gasteiger partial charge is 0.384 e. The van der Waals surface area contributed by atoms with Crippen LogP contribution in [0.1, 0.15) is 56.3 Å². The van der Waals surface area contributed by atoms with Crippen molar-refractivity contribution in [1.29, 1.82) is 0 Å². The molecule has 1 fully saturated rings. The van der Waals surface area contributed by atoms with Crippen LogP contribution in [0.3, 0.4) is 0 Å². The highest BCUT2D eigenvalue weighted by molar-refractivity contribution is 6.33. The van der Waals surface area contributed by atoms with E-state index < -0.39 is 0 Å². The summed E-state index contributed by atoms with van der Waals surface area (Å²) in [6, 6.07) is 1.92. The van der Waals surface area contributed by atoms with E-state index in [9.17, 15) is 4.79 Å². The second-order valence-corrected chi connectivity index (χ2v) is 6.62. The molecule has 0 aromatic carbocycles. The summed E-state index contributed by atoms with van der Waals surface area (Å²) in [6.07, 6.45) is 7.02. The van der Waals surface area contributed by atoms with Gasteiger partial charge in [-0.15, -0.1) is 0 Å². The van der Waals surface area contributed by atoms with Crippen LogP contribution in [0.25, 0.3) is 0 Å². The maximum Gasteiger partial charge on any atom is 0.255 e. The van der Waals surface area contributed by atoms with Gasteiger partial charge in [-0.1, -0.05) is 38.3 Å². The average Bonchev–Trinajstić information content (AvgIpc) is 2.95. The Bertz CT molecular complexity index is 498. The fourth-order valence-electron chi connectivity index (χ4n) is 2.84. The molecule has 0 spiro atoms. The normalized spacial score (nSPS) is 15.6. The number of nitrogens with two attached hydrogens (primary N) is 1. The molecule has 0 saturated heterocycles. The predicted octanol–water partition coefficient (Wildman–Crippen LogP) is 3.75. The smallest absolute Gasteiger partial charge is 0.255 e. The number of anilines is 1. The Morgan fingerprint density at radius 3 is 2.76 bits per heavy atom. The van der Waals surface area contributed by atoms with Crippen molar-refractivity contribution in [3.05, 3.63) is 22.8 Å². The van der Waals surface area contributed by atoms with Gasteiger partial charge < -0.3 is 10.6 Å². The molecule has 1 heterocycles. The lowest BCUT2D eigenvalue weighted by Crippen LogP contribution is -2.40. The van der Waals surface area contributed by atoms with Crippen molar-refractivity contribution in [1.82, 2.24) is 9.88 Å². The minimum absolute atomic E-state index is 0.0124. The number of hydrogen-bond donors (Lipinski definition) is 1. The predicted molar refractivity (Wildman–Crippen MR) is 86.4 cm³/mol. The van der Waals surface area contributed by atoms with Crippen molar-refractivity contribution in [2.45, 2.75) is 52.0 Å². The molecule has 0 aliphatic heterocycles. The molecule has 0 bridgehead atoms. The molecule has 0 atom stereocenters. The number of halogens is 1. The summed E-state index contributed by atoms with van der Waals surface area (Å²) in [4.78, 5) is 18.8. The highest BCUT2D eigenvalue weighted by atomic mass is 35.5. The van der Waals surface area contributed by atoms with Crippen LogP contribution < -0.4 is 5.73 Å². The molecule has 5 heteroatoms. The zero-order valence-corrected chi connectivity index (χ0v) is 13.6. The minimum Gasteiger partial charge on any atom is -0.384 e. The molecule has 0 radical (unpaired) electrons. The molecular formula is C16H24ClN3O. The average molecular weight is 310 g/mol. The topological polar surface area (TPSA) is 59.2 Å². The van der Waals surface area contributed by atoms with Gasteiger partial charge in [0.15, 0.2) is 0 Å². The van der Waals surface area contributed by atoms with E-state index in [0.29, 0.717) is 28.4 Å². The number of nitrogen functional groups attached to an aromatic ring is 1. The minimum atomic E-state index is -0.0124. The maximum absolute atomic E-state index is 12.9. The molecule has 2 rings (SSSR count). The third-order valence-electron chi connectivity index (χ3n) is 4.08. The van der Waals surface area contributed by atoms with Gasteiger partial charge in [0.25, 0.3) is 5.91 Å². The van der Waals surface area contributed by atoms with E-state index in [1.165, 1.54) is 19.0 Å². The second-order valence-electron chi connectivity index (χ2n) is 6.21. The second kappa shape index (κ2) is 7.12. The maximum atomic E-state index is 12.9. The van der Waals surface area contributed by atoms with E-state index in [0.717, 1.165) is 25.8 Å². The van der Waals surface area contributed by atoms with Crippen molar-refractivity contribution >= 4 is 23.3 Å². The van der Waals surface area contributed by atoms with Crippen molar-refractivity contribution in [2.24, 2.45) is 5.92 Å². The fourth-order valence-corrected chi connectivity index (χ4v) is 3.02. The molecule has 1 aliphatic carbocycles. The Balaban J connectivity index is 2.21. The first-order valence-electron chi connectivity index (χ1n) is 7.71. The third-order valence-corrected chi connectivity index (χ3v) is 4.38. The highest BCUT2D eigenvalue weighted by Gasteiger charge is 2.28. The zero-order valence-electron chi connectivity index (χ0n) is 12.8. The van der Waals surface area contributed by atoms with Crippen molar-refractivity contribution in [3.8, 4) is 0 Å². The van der Waals surface area contributed by atoms with E-state index in [4.69, 9.17) is 17.3 Å². The number of hydrogen-bond acceptors (Lipinski definition) is 3. The first-order valence-corrected chi connectivity index (χ1v) is 8.09. The number of carbonyl (C=O) groups is 1. The molecule has 1 amide bonds. The van der Waals surface area contributed by atoms with Crippen LogP contribution in [0.4, 0.5) is 5.82 Å². The van der Waals surface area contributed by atoms with Crippen molar-refractivity contribution in [2.75, 3.05) is 12.3 Å². The van der Waals surface area contributed by atoms with Crippen LogP contribution >= 0.6 is 11.6 Å². The number of amides is 1. The van der Waals surface area contributed by atoms with Gasteiger partial charge >= 0.3 is 0 Å². The Kier molecular flexibility index (Phi) is 5.45. The van der Waals surface area contributed by atoms with Gasteiger partial charge in [0.05, 0.1) is 10.6 Å². The number of carbonyl (C=O) groups excluding carboxylic acids is 1. The lowest BCUT2D eigenvalue weighted by atomic mass is 10.1. The Morgan fingerprint density at radius 1 is 1.48 bits per heavy atom. The molecule has 21 heavy (non-hydrogen) atoms. The van der Waals surface area contributed by atoms with E-state index in [1.807, 2.05) is 4.90 Å². The Hall–Kier alpha value is -1.29. The van der Waals surface area contributed by atoms with E-state index >= 15 is 0 Å². The summed E-state index contributed by atoms with van der Waals surface area (Å²) in [7, 11) is 0. The van der Waals surface area contributed by atoms with Crippen LogP contribution in [-0.2, 0) is 0 Å². The number of pyridine rings is 1. The molecule has 1 aliphatic rings. The van der Waals surface area contributed by atoms with Crippen LogP contribution in [0.5, 0.6) is 0 Å². The van der Waals surface area contributed by atoms with Gasteiger partial charge in [0, 0.05) is 18.8 Å². The monoisotopic (exact) mass is 309 g/mol. The van der Waals surface area contributed by atoms with Crippen LogP contribution in [-0.4, -0.2) is 28.4 Å². The summed E-state index contributed by atoms with van der Waals surface area (Å²) in [5, 5.41) is 0.377. The van der Waals surface area contributed by atoms with Gasteiger partial charge in [-0.05, 0) is 31.2 Å². The molecule has 0 unspecified atom stereocenters. The van der Waals surface area contributed by atoms with Gasteiger partial charge in [-0.25, -0.2) is 4.98 Å². The quantitative estimate of drug-likeness (QED) is 0.901. The summed E-state index contributed by atoms with van der Waals surface area (Å²) in [6.45, 7) is 5.13. The SMILES string of the molecule is CC(C)CCN(C(=O)c1cc(N)ncc1Cl)C1CCCC1. The molecular weight excluding hydrogens is 286 g/mol. The molecule has 1 aromatic heterocycles. The van der Waals surface area contributed by atoms with Gasteiger partial charge in [-0.3, -0.25) is 4.79 Å². The fraction of sp³-hybridized carbons (Fsp3) is 0.625. The third kappa shape index (κ3) is 4.10. The van der Waals surface area contributed by atoms with Crippen LogP contribution in [0, 0.1) is 5.92 Å². The first kappa shape index (κ1) is 16.1. The lowest BCUT2D eigenvalue weighted by Gasteiger charge is -2.30. The first-order chi connectivity index (χ1) is 9.99. The number of nitrogens with zero attached hydrogens (tertiary/aromatic N) is 2. The Labute approximate surface area is 131 Å². The Morgan fingerprint density at radius 2 is 2.14 bits per heavy atom. The van der Waals surface area contributed by atoms with E-state index in [1.54, 1.807) is 6.07 Å². The molecule has 1 saturated carbocycles. The van der Waals surface area contributed by atoms with Crippen LogP contribution in [0.15, 0.2) is 12.3 Å². The standard InChI is InChI=1S/C16H24ClN3O/c1-11(2)7-8-20(12-5-3-4-6-12)16(21)13-9-15(18)19-10-14(13)17/h9-12H,3-8H2,1-2H3,(H2,18,19). The van der Waals surface area contributed by atoms with Crippen molar-refractivity contribution < 1.29 is 4.79 Å². The molecule has 116 valence electrons. The molecule has 1 aromatic rings. The lowest BCUT2D eigenvalue weighted by molar-refractivity contribution is 0.0672. The van der Waals surface area contributed by atoms with E-state index in [-0.39, 0.29) is 5.91 Å². The summed E-state index contributed by atoms with van der Waals surface area (Å²) in [5.74, 6) is 0.888. The molecule has 4 nitrogen and oxygen atoms in total. The summed E-state index contributed by atoms with van der Waals surface area (Å²) in [5.41, 5.74) is 6.17. The van der Waals surface area contributed by atoms with Crippen molar-refractivity contribution in [3.63, 3.8) is 0 Å². The van der Waals surface area contributed by atoms with Gasteiger partial charge in [0.1, 0.15) is 5.82 Å². The van der Waals surface area contributed by atoms with Gasteiger partial charge in [-0.2, -0.15) is 0 Å². The summed E-state index contributed by atoms with van der Waals surface area (Å²) >= 11 is 6.14. The summed E-state index contributed by atoms with van der Waals surface area (Å²) < 4.78 is 0. The van der Waals surface area contributed by atoms with Crippen LogP contribution in [0.2, 0.25) is 5.02 Å². The van der Waals surface area contributed by atoms with E-state index in [2.05, 4.69) is 18.8 Å².